The van der Waals surface area contributed by atoms with Gasteiger partial charge in [0.15, 0.2) is 0 Å². The van der Waals surface area contributed by atoms with E-state index in [2.05, 4.69) is 10.3 Å². The van der Waals surface area contributed by atoms with Gasteiger partial charge in [-0.1, -0.05) is 11.6 Å². The summed E-state index contributed by atoms with van der Waals surface area (Å²) in [6.45, 7) is 0. The lowest BCUT2D eigenvalue weighted by Gasteiger charge is -2.14. The molecule has 2 unspecified atom stereocenters. The monoisotopic (exact) mass is 226 g/mol. The van der Waals surface area contributed by atoms with E-state index in [9.17, 15) is 0 Å². The summed E-state index contributed by atoms with van der Waals surface area (Å²) in [6.07, 6.45) is 5.38. The second kappa shape index (κ2) is 4.81. The molecule has 0 amide bonds. The lowest BCUT2D eigenvalue weighted by atomic mass is 10.2. The van der Waals surface area contributed by atoms with Gasteiger partial charge in [-0.25, -0.2) is 4.98 Å². The van der Waals surface area contributed by atoms with E-state index in [4.69, 9.17) is 16.3 Å². The number of ether oxygens (including phenoxy) is 1. The molecular formula is C11H15ClN2O. The van der Waals surface area contributed by atoms with Gasteiger partial charge in [0.2, 0.25) is 0 Å². The van der Waals surface area contributed by atoms with Crippen molar-refractivity contribution in [1.29, 1.82) is 0 Å². The van der Waals surface area contributed by atoms with Gasteiger partial charge in [-0.15, -0.1) is 0 Å². The van der Waals surface area contributed by atoms with Crippen LogP contribution in [0.5, 0.6) is 0 Å². The largest absolute Gasteiger partial charge is 0.381 e. The molecule has 3 nitrogen and oxygen atoms in total. The average molecular weight is 227 g/mol. The first-order chi connectivity index (χ1) is 7.29. The fraction of sp³-hybridized carbons (Fsp3) is 0.545. The van der Waals surface area contributed by atoms with Gasteiger partial charge in [0.1, 0.15) is 5.82 Å². The molecule has 1 aliphatic carbocycles. The van der Waals surface area contributed by atoms with Gasteiger partial charge < -0.3 is 10.1 Å². The normalized spacial score (nSPS) is 25.5. The van der Waals surface area contributed by atoms with Gasteiger partial charge in [0.05, 0.1) is 11.1 Å². The Morgan fingerprint density at radius 2 is 2.40 bits per heavy atom. The van der Waals surface area contributed by atoms with Crippen molar-refractivity contribution < 1.29 is 4.74 Å². The Morgan fingerprint density at radius 1 is 1.53 bits per heavy atom. The molecule has 15 heavy (non-hydrogen) atoms. The maximum Gasteiger partial charge on any atom is 0.144 e. The molecule has 1 aromatic rings. The molecule has 1 N–H and O–H groups in total. The second-order valence-electron chi connectivity index (χ2n) is 3.85. The van der Waals surface area contributed by atoms with Crippen LogP contribution in [0.4, 0.5) is 5.82 Å². The fourth-order valence-electron chi connectivity index (χ4n) is 1.97. The van der Waals surface area contributed by atoms with Crippen LogP contribution in [0, 0.1) is 0 Å². The van der Waals surface area contributed by atoms with E-state index < -0.39 is 0 Å². The van der Waals surface area contributed by atoms with Crippen molar-refractivity contribution in [3.05, 3.63) is 23.4 Å². The number of rotatable bonds is 3. The molecular weight excluding hydrogens is 212 g/mol. The second-order valence-corrected chi connectivity index (χ2v) is 4.25. The third kappa shape index (κ3) is 2.61. The molecule has 0 aliphatic heterocycles. The van der Waals surface area contributed by atoms with Crippen LogP contribution in [0.1, 0.15) is 19.3 Å². The van der Waals surface area contributed by atoms with Gasteiger partial charge >= 0.3 is 0 Å². The Hall–Kier alpha value is -0.800. The lowest BCUT2D eigenvalue weighted by molar-refractivity contribution is 0.108. The molecule has 82 valence electrons. The van der Waals surface area contributed by atoms with Gasteiger partial charge in [-0.05, 0) is 31.4 Å². The van der Waals surface area contributed by atoms with Crippen molar-refractivity contribution in [2.24, 2.45) is 0 Å². The Bertz CT molecular complexity index is 332. The first-order valence-corrected chi connectivity index (χ1v) is 5.57. The quantitative estimate of drug-likeness (QED) is 0.861. The van der Waals surface area contributed by atoms with E-state index in [1.807, 2.05) is 12.1 Å². The number of anilines is 1. The third-order valence-corrected chi connectivity index (χ3v) is 3.12. The predicted octanol–water partition coefficient (Wildman–Crippen LogP) is 2.71. The highest BCUT2D eigenvalue weighted by atomic mass is 35.5. The minimum atomic E-state index is 0.380. The van der Waals surface area contributed by atoms with E-state index in [1.165, 1.54) is 0 Å². The summed E-state index contributed by atoms with van der Waals surface area (Å²) in [7, 11) is 1.76. The predicted molar refractivity (Wildman–Crippen MR) is 61.3 cm³/mol. The summed E-state index contributed by atoms with van der Waals surface area (Å²) >= 11 is 6.02. The summed E-state index contributed by atoms with van der Waals surface area (Å²) in [5, 5.41) is 4.03. The van der Waals surface area contributed by atoms with Crippen molar-refractivity contribution in [2.45, 2.75) is 31.4 Å². The maximum atomic E-state index is 6.02. The van der Waals surface area contributed by atoms with Crippen LogP contribution in [-0.2, 0) is 4.74 Å². The van der Waals surface area contributed by atoms with Crippen LogP contribution in [-0.4, -0.2) is 24.2 Å². The standard InChI is InChI=1S/C11H15ClN2O/c1-15-9-5-4-8(7-9)14-11-10(12)3-2-6-13-11/h2-3,6,8-9H,4-5,7H2,1H3,(H,13,14). The lowest BCUT2D eigenvalue weighted by Crippen LogP contribution is -2.18. The molecule has 0 radical (unpaired) electrons. The smallest absolute Gasteiger partial charge is 0.144 e. The minimum Gasteiger partial charge on any atom is -0.381 e. The molecule has 4 heteroatoms. The third-order valence-electron chi connectivity index (χ3n) is 2.82. The molecule has 1 fully saturated rings. The zero-order valence-electron chi connectivity index (χ0n) is 8.74. The number of hydrogen-bond acceptors (Lipinski definition) is 3. The van der Waals surface area contributed by atoms with E-state index in [-0.39, 0.29) is 0 Å². The highest BCUT2D eigenvalue weighted by molar-refractivity contribution is 6.32. The molecule has 1 aromatic heterocycles. The molecule has 1 aliphatic rings. The molecule has 0 bridgehead atoms. The van der Waals surface area contributed by atoms with Crippen molar-refractivity contribution in [3.63, 3.8) is 0 Å². The summed E-state index contributed by atoms with van der Waals surface area (Å²) < 4.78 is 5.32. The molecule has 0 aromatic carbocycles. The number of aromatic nitrogens is 1. The molecule has 0 spiro atoms. The van der Waals surface area contributed by atoms with Crippen molar-refractivity contribution in [3.8, 4) is 0 Å². The summed E-state index contributed by atoms with van der Waals surface area (Å²) in [5.74, 6) is 0.779. The maximum absolute atomic E-state index is 6.02. The Morgan fingerprint density at radius 3 is 3.07 bits per heavy atom. The van der Waals surface area contributed by atoms with Crippen LogP contribution in [0.2, 0.25) is 5.02 Å². The van der Waals surface area contributed by atoms with E-state index in [0.717, 1.165) is 25.1 Å². The number of methoxy groups -OCH3 is 1. The highest BCUT2D eigenvalue weighted by Crippen LogP contribution is 2.26. The first-order valence-electron chi connectivity index (χ1n) is 5.19. The zero-order valence-corrected chi connectivity index (χ0v) is 9.50. The molecule has 1 saturated carbocycles. The van der Waals surface area contributed by atoms with Crippen LogP contribution < -0.4 is 5.32 Å². The number of nitrogens with zero attached hydrogens (tertiary/aromatic N) is 1. The van der Waals surface area contributed by atoms with Crippen LogP contribution in [0.25, 0.3) is 0 Å². The fourth-order valence-corrected chi connectivity index (χ4v) is 2.15. The van der Waals surface area contributed by atoms with Gasteiger partial charge in [-0.2, -0.15) is 0 Å². The number of pyridine rings is 1. The minimum absolute atomic E-state index is 0.380. The van der Waals surface area contributed by atoms with Gasteiger partial charge in [-0.3, -0.25) is 0 Å². The number of hydrogen-bond donors (Lipinski definition) is 1. The highest BCUT2D eigenvalue weighted by Gasteiger charge is 2.24. The van der Waals surface area contributed by atoms with Crippen molar-refractivity contribution in [1.82, 2.24) is 4.98 Å². The van der Waals surface area contributed by atoms with Crippen LogP contribution >= 0.6 is 11.6 Å². The number of halogens is 1. The topological polar surface area (TPSA) is 34.1 Å². The van der Waals surface area contributed by atoms with E-state index in [1.54, 1.807) is 13.3 Å². The molecule has 2 rings (SSSR count). The van der Waals surface area contributed by atoms with Crippen LogP contribution in [0.15, 0.2) is 18.3 Å². The van der Waals surface area contributed by atoms with E-state index >= 15 is 0 Å². The molecule has 0 saturated heterocycles. The Kier molecular flexibility index (Phi) is 3.44. The Labute approximate surface area is 94.8 Å². The van der Waals surface area contributed by atoms with Crippen molar-refractivity contribution >= 4 is 17.4 Å². The van der Waals surface area contributed by atoms with Crippen molar-refractivity contribution in [2.75, 3.05) is 12.4 Å². The summed E-state index contributed by atoms with van der Waals surface area (Å²) in [6, 6.07) is 4.11. The summed E-state index contributed by atoms with van der Waals surface area (Å²) in [5.41, 5.74) is 0. The van der Waals surface area contributed by atoms with Gasteiger partial charge in [0.25, 0.3) is 0 Å². The zero-order chi connectivity index (χ0) is 10.7. The van der Waals surface area contributed by atoms with Crippen LogP contribution in [0.3, 0.4) is 0 Å². The molecule has 2 atom stereocenters. The Balaban J connectivity index is 1.96. The molecule has 1 heterocycles. The number of nitrogens with one attached hydrogen (secondary N) is 1. The SMILES string of the molecule is COC1CCC(Nc2ncccc2Cl)C1. The van der Waals surface area contributed by atoms with Gasteiger partial charge in [0, 0.05) is 19.3 Å². The average Bonchev–Trinajstić information content (AvgIpc) is 2.69. The summed E-state index contributed by atoms with van der Waals surface area (Å²) in [4.78, 5) is 4.21. The van der Waals surface area contributed by atoms with E-state index in [0.29, 0.717) is 17.2 Å². The first kappa shape index (κ1) is 10.7.